The number of halogens is 2. The maximum Gasteiger partial charge on any atom is 0.123 e. The molecular weight excluding hydrogens is 188 g/mol. The Labute approximate surface area is 81.0 Å². The molecule has 76 valence electrons. The van der Waals surface area contributed by atoms with Gasteiger partial charge in [-0.15, -0.1) is 0 Å². The van der Waals surface area contributed by atoms with Crippen molar-refractivity contribution in [1.29, 1.82) is 0 Å². The molecule has 1 aromatic rings. The van der Waals surface area contributed by atoms with Crippen molar-refractivity contribution in [3.63, 3.8) is 0 Å². The molecule has 0 aromatic heterocycles. The van der Waals surface area contributed by atoms with Gasteiger partial charge in [0, 0.05) is 12.1 Å². The van der Waals surface area contributed by atoms with Crippen LogP contribution in [0.1, 0.15) is 0 Å². The van der Waals surface area contributed by atoms with E-state index in [1.54, 1.807) is 0 Å². The standard InChI is InChI=1S/C10H11F2NO/c11-5-8(6-13)7-14-10-3-1-9(12)2-4-10/h1-5H,6-7,13H2. The second-order valence-electron chi connectivity index (χ2n) is 2.71. The molecule has 0 amide bonds. The molecule has 0 heterocycles. The van der Waals surface area contributed by atoms with Gasteiger partial charge in [0.2, 0.25) is 0 Å². The zero-order valence-corrected chi connectivity index (χ0v) is 7.54. The largest absolute Gasteiger partial charge is 0.489 e. The zero-order chi connectivity index (χ0) is 10.4. The van der Waals surface area contributed by atoms with Gasteiger partial charge in [0.25, 0.3) is 0 Å². The summed E-state index contributed by atoms with van der Waals surface area (Å²) in [6.07, 6.45) is 0.420. The van der Waals surface area contributed by atoms with E-state index in [1.165, 1.54) is 24.3 Å². The van der Waals surface area contributed by atoms with E-state index >= 15 is 0 Å². The normalized spacial score (nSPS) is 11.5. The number of nitrogens with two attached hydrogens (primary N) is 1. The minimum absolute atomic E-state index is 0.0820. The summed E-state index contributed by atoms with van der Waals surface area (Å²) in [6.45, 7) is 0.191. The van der Waals surface area contributed by atoms with Crippen molar-refractivity contribution in [3.05, 3.63) is 42.0 Å². The van der Waals surface area contributed by atoms with Gasteiger partial charge in [-0.25, -0.2) is 8.78 Å². The summed E-state index contributed by atoms with van der Waals surface area (Å²) in [5, 5.41) is 0. The second-order valence-corrected chi connectivity index (χ2v) is 2.71. The fourth-order valence-corrected chi connectivity index (χ4v) is 0.842. The summed E-state index contributed by atoms with van der Waals surface area (Å²) in [6, 6.07) is 5.50. The van der Waals surface area contributed by atoms with Crippen LogP contribution in [-0.2, 0) is 0 Å². The van der Waals surface area contributed by atoms with Crippen LogP contribution in [0, 0.1) is 5.82 Å². The van der Waals surface area contributed by atoms with Crippen LogP contribution in [-0.4, -0.2) is 13.2 Å². The van der Waals surface area contributed by atoms with Gasteiger partial charge in [0.1, 0.15) is 18.2 Å². The zero-order valence-electron chi connectivity index (χ0n) is 7.54. The lowest BCUT2D eigenvalue weighted by Crippen LogP contribution is -2.10. The molecule has 0 bridgehead atoms. The molecule has 0 unspecified atom stereocenters. The third-order valence-corrected chi connectivity index (χ3v) is 1.65. The first-order valence-corrected chi connectivity index (χ1v) is 4.13. The molecule has 0 atom stereocenters. The van der Waals surface area contributed by atoms with Gasteiger partial charge in [-0.1, -0.05) is 0 Å². The average Bonchev–Trinajstić information content (AvgIpc) is 2.22. The topological polar surface area (TPSA) is 35.2 Å². The minimum atomic E-state index is -0.336. The first kappa shape index (κ1) is 10.7. The monoisotopic (exact) mass is 199 g/mol. The van der Waals surface area contributed by atoms with E-state index in [0.29, 0.717) is 17.7 Å². The van der Waals surface area contributed by atoms with Crippen LogP contribution in [0.2, 0.25) is 0 Å². The molecule has 0 aliphatic heterocycles. The van der Waals surface area contributed by atoms with Crippen LogP contribution >= 0.6 is 0 Å². The van der Waals surface area contributed by atoms with Gasteiger partial charge in [-0.05, 0) is 24.3 Å². The Kier molecular flexibility index (Phi) is 4.07. The van der Waals surface area contributed by atoms with Crippen molar-refractivity contribution in [3.8, 4) is 5.75 Å². The number of hydrogen-bond acceptors (Lipinski definition) is 2. The van der Waals surface area contributed by atoms with E-state index in [9.17, 15) is 8.78 Å². The minimum Gasteiger partial charge on any atom is -0.489 e. The van der Waals surface area contributed by atoms with Gasteiger partial charge in [-0.3, -0.25) is 0 Å². The molecule has 0 radical (unpaired) electrons. The van der Waals surface area contributed by atoms with Gasteiger partial charge in [-0.2, -0.15) is 0 Å². The fraction of sp³-hybridized carbons (Fsp3) is 0.200. The van der Waals surface area contributed by atoms with Crippen molar-refractivity contribution in [2.45, 2.75) is 0 Å². The average molecular weight is 199 g/mol. The highest BCUT2D eigenvalue weighted by Gasteiger charge is 1.97. The molecule has 1 rings (SSSR count). The first-order valence-electron chi connectivity index (χ1n) is 4.13. The van der Waals surface area contributed by atoms with E-state index in [0.717, 1.165) is 0 Å². The predicted molar refractivity (Wildman–Crippen MR) is 50.1 cm³/mol. The van der Waals surface area contributed by atoms with Crippen LogP contribution in [0.5, 0.6) is 5.75 Å². The SMILES string of the molecule is NCC(=CF)COc1ccc(F)cc1. The van der Waals surface area contributed by atoms with Crippen LogP contribution in [0.3, 0.4) is 0 Å². The third-order valence-electron chi connectivity index (χ3n) is 1.65. The summed E-state index contributed by atoms with van der Waals surface area (Å²) >= 11 is 0. The Hall–Kier alpha value is -1.42. The maximum absolute atomic E-state index is 12.5. The molecule has 2 nitrogen and oxygen atoms in total. The number of ether oxygens (including phenoxy) is 1. The maximum atomic E-state index is 12.5. The van der Waals surface area contributed by atoms with Crippen LogP contribution in [0.15, 0.2) is 36.2 Å². The van der Waals surface area contributed by atoms with E-state index in [1.807, 2.05) is 0 Å². The highest BCUT2D eigenvalue weighted by atomic mass is 19.1. The number of benzene rings is 1. The molecule has 1 aromatic carbocycles. The molecule has 0 spiro atoms. The molecule has 0 saturated heterocycles. The fourth-order valence-electron chi connectivity index (χ4n) is 0.842. The van der Waals surface area contributed by atoms with E-state index in [4.69, 9.17) is 10.5 Å². The van der Waals surface area contributed by atoms with E-state index in [2.05, 4.69) is 0 Å². The molecule has 0 saturated carbocycles. The van der Waals surface area contributed by atoms with Crippen molar-refractivity contribution in [2.75, 3.05) is 13.2 Å². The van der Waals surface area contributed by atoms with Gasteiger partial charge in [0.15, 0.2) is 0 Å². The smallest absolute Gasteiger partial charge is 0.123 e. The summed E-state index contributed by atoms with van der Waals surface area (Å²) in [5.41, 5.74) is 5.58. The first-order chi connectivity index (χ1) is 6.76. The predicted octanol–water partition coefficient (Wildman–Crippen LogP) is 2.02. The quantitative estimate of drug-likeness (QED) is 0.805. The Morgan fingerprint density at radius 2 is 2.00 bits per heavy atom. The van der Waals surface area contributed by atoms with E-state index in [-0.39, 0.29) is 19.0 Å². The van der Waals surface area contributed by atoms with Crippen molar-refractivity contribution in [2.24, 2.45) is 5.73 Å². The van der Waals surface area contributed by atoms with E-state index < -0.39 is 0 Å². The van der Waals surface area contributed by atoms with Crippen molar-refractivity contribution < 1.29 is 13.5 Å². The lowest BCUT2D eigenvalue weighted by molar-refractivity contribution is 0.347. The van der Waals surface area contributed by atoms with Gasteiger partial charge < -0.3 is 10.5 Å². The molecule has 0 aliphatic rings. The summed E-state index contributed by atoms with van der Waals surface area (Å²) in [4.78, 5) is 0. The molecule has 4 heteroatoms. The molecule has 0 aliphatic carbocycles. The Morgan fingerprint density at radius 1 is 1.36 bits per heavy atom. The summed E-state index contributed by atoms with van der Waals surface area (Å²) in [7, 11) is 0. The number of rotatable bonds is 4. The van der Waals surface area contributed by atoms with Gasteiger partial charge >= 0.3 is 0 Å². The lowest BCUT2D eigenvalue weighted by Gasteiger charge is -2.06. The van der Waals surface area contributed by atoms with Crippen LogP contribution < -0.4 is 10.5 Å². The van der Waals surface area contributed by atoms with Crippen LogP contribution in [0.4, 0.5) is 8.78 Å². The summed E-state index contributed by atoms with van der Waals surface area (Å²) < 4.78 is 29.7. The molecule has 0 fully saturated rings. The summed E-state index contributed by atoms with van der Waals surface area (Å²) in [5.74, 6) is 0.150. The number of hydrogen-bond donors (Lipinski definition) is 1. The van der Waals surface area contributed by atoms with Crippen molar-refractivity contribution >= 4 is 0 Å². The molecular formula is C10H11F2NO. The van der Waals surface area contributed by atoms with Crippen LogP contribution in [0.25, 0.3) is 0 Å². The van der Waals surface area contributed by atoms with Gasteiger partial charge in [0.05, 0.1) is 6.33 Å². The Bertz CT molecular complexity index is 308. The highest BCUT2D eigenvalue weighted by molar-refractivity contribution is 5.22. The second kappa shape index (κ2) is 5.34. The Morgan fingerprint density at radius 3 is 2.50 bits per heavy atom. The highest BCUT2D eigenvalue weighted by Crippen LogP contribution is 2.11. The Balaban J connectivity index is 2.49. The van der Waals surface area contributed by atoms with Crippen molar-refractivity contribution in [1.82, 2.24) is 0 Å². The lowest BCUT2D eigenvalue weighted by atomic mass is 10.3. The third kappa shape index (κ3) is 3.14. The molecule has 2 N–H and O–H groups in total. The molecule has 14 heavy (non-hydrogen) atoms.